The number of carbonyl (C=O) groups excluding carboxylic acids is 1. The Morgan fingerprint density at radius 3 is 2.74 bits per heavy atom. The molecule has 23 heavy (non-hydrogen) atoms. The van der Waals surface area contributed by atoms with E-state index in [0.29, 0.717) is 5.56 Å². The molecule has 1 aliphatic heterocycles. The maximum atomic E-state index is 12.9. The topological polar surface area (TPSA) is 42.3 Å². The van der Waals surface area contributed by atoms with Gasteiger partial charge in [0.2, 0.25) is 0 Å². The van der Waals surface area contributed by atoms with Gasteiger partial charge in [-0.2, -0.15) is 0 Å². The van der Waals surface area contributed by atoms with Crippen LogP contribution in [-0.2, 0) is 7.05 Å². The fourth-order valence-electron chi connectivity index (χ4n) is 3.32. The van der Waals surface area contributed by atoms with Gasteiger partial charge < -0.3 is 9.47 Å². The van der Waals surface area contributed by atoms with E-state index in [1.165, 1.54) is 27.3 Å². The van der Waals surface area contributed by atoms with Crippen LogP contribution in [0.3, 0.4) is 0 Å². The Hall–Kier alpha value is -2.36. The predicted octanol–water partition coefficient (Wildman–Crippen LogP) is 2.98. The van der Waals surface area contributed by atoms with E-state index in [1.54, 1.807) is 19.3 Å². The van der Waals surface area contributed by atoms with E-state index < -0.39 is 0 Å². The van der Waals surface area contributed by atoms with Crippen molar-refractivity contribution in [1.82, 2.24) is 9.47 Å². The van der Waals surface area contributed by atoms with Gasteiger partial charge in [-0.15, -0.1) is 0 Å². The maximum Gasteiger partial charge on any atom is 0.254 e. The van der Waals surface area contributed by atoms with Crippen molar-refractivity contribution < 1.29 is 4.79 Å². The predicted molar refractivity (Wildman–Crippen MR) is 90.6 cm³/mol. The molecule has 2 heterocycles. The van der Waals surface area contributed by atoms with Crippen molar-refractivity contribution in [3.63, 3.8) is 0 Å². The van der Waals surface area contributed by atoms with Gasteiger partial charge in [-0.05, 0) is 49.4 Å². The lowest BCUT2D eigenvalue weighted by Gasteiger charge is -2.27. The molecule has 1 amide bonds. The average Bonchev–Trinajstić information content (AvgIpc) is 3.01. The molecule has 4 heteroatoms. The smallest absolute Gasteiger partial charge is 0.254 e. The molecule has 1 saturated heterocycles. The van der Waals surface area contributed by atoms with Gasteiger partial charge in [-0.3, -0.25) is 9.59 Å². The highest BCUT2D eigenvalue weighted by atomic mass is 16.2. The van der Waals surface area contributed by atoms with Gasteiger partial charge in [0.1, 0.15) is 0 Å². The highest BCUT2D eigenvalue weighted by Gasteiger charge is 2.31. The molecule has 0 spiro atoms. The molecule has 0 unspecified atom stereocenters. The van der Waals surface area contributed by atoms with E-state index in [0.717, 1.165) is 19.4 Å². The molecule has 0 N–H and O–H groups in total. The molecule has 0 radical (unpaired) electrons. The van der Waals surface area contributed by atoms with Crippen LogP contribution in [0.25, 0.3) is 0 Å². The van der Waals surface area contributed by atoms with E-state index in [-0.39, 0.29) is 17.5 Å². The molecule has 1 aromatic carbocycles. The van der Waals surface area contributed by atoms with Crippen molar-refractivity contribution in [2.45, 2.75) is 32.7 Å². The SMILES string of the molecule is Cc1cccc([C@H]2CCCN2C(=O)c2ccn(C)c(=O)c2)c1C. The standard InChI is InChI=1S/C19H22N2O2/c1-13-6-4-7-16(14(13)2)17-8-5-10-21(17)19(23)15-9-11-20(3)18(22)12-15/h4,6-7,9,11-12,17H,5,8,10H2,1-3H3/t17-/m1/s1. The Bertz CT molecular complexity index is 807. The summed E-state index contributed by atoms with van der Waals surface area (Å²) in [7, 11) is 1.69. The van der Waals surface area contributed by atoms with E-state index in [9.17, 15) is 9.59 Å². The van der Waals surface area contributed by atoms with Crippen molar-refractivity contribution in [2.75, 3.05) is 6.54 Å². The Morgan fingerprint density at radius 2 is 2.00 bits per heavy atom. The van der Waals surface area contributed by atoms with Crippen molar-refractivity contribution in [1.29, 1.82) is 0 Å². The summed E-state index contributed by atoms with van der Waals surface area (Å²) in [5.74, 6) is -0.0499. The first kappa shape index (κ1) is 15.5. The van der Waals surface area contributed by atoms with Gasteiger partial charge in [0.25, 0.3) is 11.5 Å². The zero-order valence-electron chi connectivity index (χ0n) is 13.9. The van der Waals surface area contributed by atoms with Gasteiger partial charge in [0.05, 0.1) is 6.04 Å². The van der Waals surface area contributed by atoms with Crippen LogP contribution in [0.15, 0.2) is 41.3 Å². The molecule has 120 valence electrons. The van der Waals surface area contributed by atoms with Crippen molar-refractivity contribution in [3.8, 4) is 0 Å². The van der Waals surface area contributed by atoms with E-state index in [4.69, 9.17) is 0 Å². The number of hydrogen-bond acceptors (Lipinski definition) is 2. The maximum absolute atomic E-state index is 12.9. The van der Waals surface area contributed by atoms with Gasteiger partial charge in [-0.1, -0.05) is 18.2 Å². The van der Waals surface area contributed by atoms with Crippen LogP contribution in [0.5, 0.6) is 0 Å². The monoisotopic (exact) mass is 310 g/mol. The molecular formula is C19H22N2O2. The van der Waals surface area contributed by atoms with Crippen molar-refractivity contribution in [3.05, 3.63) is 69.1 Å². The van der Waals surface area contributed by atoms with Crippen LogP contribution in [0.2, 0.25) is 0 Å². The largest absolute Gasteiger partial charge is 0.332 e. The van der Waals surface area contributed by atoms with Crippen molar-refractivity contribution >= 4 is 5.91 Å². The first-order valence-electron chi connectivity index (χ1n) is 8.03. The third-order valence-electron chi connectivity index (χ3n) is 4.87. The number of pyridine rings is 1. The van der Waals surface area contributed by atoms with E-state index in [2.05, 4.69) is 32.0 Å². The minimum Gasteiger partial charge on any atom is -0.332 e. The minimum atomic E-state index is -0.154. The molecule has 0 aliphatic carbocycles. The minimum absolute atomic E-state index is 0.0499. The lowest BCUT2D eigenvalue weighted by atomic mass is 9.95. The molecule has 1 atom stereocenters. The van der Waals surface area contributed by atoms with Crippen LogP contribution < -0.4 is 5.56 Å². The first-order chi connectivity index (χ1) is 11.0. The Balaban J connectivity index is 1.95. The summed E-state index contributed by atoms with van der Waals surface area (Å²) in [5, 5.41) is 0. The summed E-state index contributed by atoms with van der Waals surface area (Å²) in [6, 6.07) is 9.52. The molecule has 1 aliphatic rings. The number of nitrogens with zero attached hydrogens (tertiary/aromatic N) is 2. The van der Waals surface area contributed by atoms with Crippen LogP contribution in [0, 0.1) is 13.8 Å². The highest BCUT2D eigenvalue weighted by Crippen LogP contribution is 2.35. The van der Waals surface area contributed by atoms with Crippen molar-refractivity contribution in [2.24, 2.45) is 7.05 Å². The second kappa shape index (κ2) is 6.03. The van der Waals surface area contributed by atoms with Gasteiger partial charge >= 0.3 is 0 Å². The lowest BCUT2D eigenvalue weighted by molar-refractivity contribution is 0.0735. The zero-order chi connectivity index (χ0) is 16.6. The van der Waals surface area contributed by atoms with Crippen LogP contribution in [-0.4, -0.2) is 21.9 Å². The van der Waals surface area contributed by atoms with Crippen LogP contribution >= 0.6 is 0 Å². The first-order valence-corrected chi connectivity index (χ1v) is 8.03. The summed E-state index contributed by atoms with van der Waals surface area (Å²) >= 11 is 0. The fourth-order valence-corrected chi connectivity index (χ4v) is 3.32. The highest BCUT2D eigenvalue weighted by molar-refractivity contribution is 5.94. The zero-order valence-corrected chi connectivity index (χ0v) is 13.9. The number of hydrogen-bond donors (Lipinski definition) is 0. The summed E-state index contributed by atoms with van der Waals surface area (Å²) in [4.78, 5) is 26.6. The second-order valence-corrected chi connectivity index (χ2v) is 6.31. The molecule has 4 nitrogen and oxygen atoms in total. The molecule has 0 bridgehead atoms. The third kappa shape index (κ3) is 2.81. The van der Waals surface area contributed by atoms with Gasteiger partial charge in [-0.25, -0.2) is 0 Å². The Kier molecular flexibility index (Phi) is 4.07. The number of aryl methyl sites for hydroxylation is 2. The molecule has 1 aromatic heterocycles. The average molecular weight is 310 g/mol. The lowest BCUT2D eigenvalue weighted by Crippen LogP contribution is -2.32. The molecular weight excluding hydrogens is 288 g/mol. The molecule has 3 rings (SSSR count). The Morgan fingerprint density at radius 1 is 1.22 bits per heavy atom. The normalized spacial score (nSPS) is 17.5. The summed E-state index contributed by atoms with van der Waals surface area (Å²) in [6.07, 6.45) is 3.62. The summed E-state index contributed by atoms with van der Waals surface area (Å²) < 4.78 is 1.48. The summed E-state index contributed by atoms with van der Waals surface area (Å²) in [5.41, 5.74) is 4.04. The number of aromatic nitrogens is 1. The summed E-state index contributed by atoms with van der Waals surface area (Å²) in [6.45, 7) is 4.96. The Labute approximate surface area is 136 Å². The number of rotatable bonds is 2. The van der Waals surface area contributed by atoms with Crippen LogP contribution in [0.4, 0.5) is 0 Å². The second-order valence-electron chi connectivity index (χ2n) is 6.31. The third-order valence-corrected chi connectivity index (χ3v) is 4.87. The number of likely N-dealkylation sites (tertiary alicyclic amines) is 1. The quantitative estimate of drug-likeness (QED) is 0.856. The van der Waals surface area contributed by atoms with E-state index in [1.807, 2.05) is 4.90 Å². The number of amides is 1. The molecule has 0 saturated carbocycles. The number of carbonyl (C=O) groups is 1. The fraction of sp³-hybridized carbons (Fsp3) is 0.368. The van der Waals surface area contributed by atoms with Gasteiger partial charge in [0, 0.05) is 31.4 Å². The molecule has 1 fully saturated rings. The molecule has 2 aromatic rings. The number of benzene rings is 1. The van der Waals surface area contributed by atoms with Crippen LogP contribution in [0.1, 0.15) is 45.9 Å². The van der Waals surface area contributed by atoms with Gasteiger partial charge in [0.15, 0.2) is 0 Å². The van der Waals surface area contributed by atoms with E-state index >= 15 is 0 Å².